The molecule has 4 rings (SSSR count). The third kappa shape index (κ3) is 4.80. The molecule has 2 N–H and O–H groups in total. The third-order valence-electron chi connectivity index (χ3n) is 7.00. The van der Waals surface area contributed by atoms with E-state index in [0.29, 0.717) is 30.3 Å². The summed E-state index contributed by atoms with van der Waals surface area (Å²) in [5.74, 6) is 1.86. The van der Waals surface area contributed by atoms with Crippen LogP contribution in [0.3, 0.4) is 0 Å². The highest BCUT2D eigenvalue weighted by Crippen LogP contribution is 2.45. The molecule has 0 aromatic carbocycles. The van der Waals surface area contributed by atoms with Crippen molar-refractivity contribution in [2.75, 3.05) is 32.1 Å². The van der Waals surface area contributed by atoms with E-state index in [9.17, 15) is 9.59 Å². The lowest BCUT2D eigenvalue weighted by Crippen LogP contribution is -2.57. The maximum Gasteiger partial charge on any atom is 0.239 e. The number of piperidine rings is 1. The number of aryl methyl sites for hydroxylation is 1. The number of aromatic nitrogens is 2. The topological polar surface area (TPSA) is 88.5 Å². The van der Waals surface area contributed by atoms with E-state index >= 15 is 0 Å². The number of hydrogen-bond acceptors (Lipinski definition) is 5. The van der Waals surface area contributed by atoms with Gasteiger partial charge in [-0.3, -0.25) is 19.2 Å². The van der Waals surface area contributed by atoms with Gasteiger partial charge in [-0.2, -0.15) is 5.10 Å². The predicted molar refractivity (Wildman–Crippen MR) is 109 cm³/mol. The number of ether oxygens (including phenoxy) is 1. The number of methoxy groups -OCH3 is 1. The van der Waals surface area contributed by atoms with Gasteiger partial charge in [0.25, 0.3) is 0 Å². The van der Waals surface area contributed by atoms with Crippen molar-refractivity contribution in [1.82, 2.24) is 20.0 Å². The van der Waals surface area contributed by atoms with Crippen molar-refractivity contribution in [3.05, 3.63) is 12.3 Å². The molecule has 0 unspecified atom stereocenters. The molecule has 1 aromatic rings. The average molecular weight is 404 g/mol. The molecule has 0 bridgehead atoms. The summed E-state index contributed by atoms with van der Waals surface area (Å²) in [6.07, 6.45) is 8.29. The smallest absolute Gasteiger partial charge is 0.239 e. The van der Waals surface area contributed by atoms with Gasteiger partial charge in [0.05, 0.1) is 12.6 Å². The van der Waals surface area contributed by atoms with E-state index in [4.69, 9.17) is 4.74 Å². The van der Waals surface area contributed by atoms with E-state index in [1.807, 2.05) is 7.05 Å². The molecule has 2 aliphatic carbocycles. The van der Waals surface area contributed by atoms with Crippen molar-refractivity contribution < 1.29 is 14.3 Å². The summed E-state index contributed by atoms with van der Waals surface area (Å²) in [5, 5.41) is 10.3. The molecule has 1 aliphatic heterocycles. The number of amides is 2. The lowest BCUT2D eigenvalue weighted by Gasteiger charge is -2.50. The van der Waals surface area contributed by atoms with Crippen LogP contribution in [0.25, 0.3) is 0 Å². The van der Waals surface area contributed by atoms with Crippen LogP contribution >= 0.6 is 0 Å². The molecule has 0 radical (unpaired) electrons. The van der Waals surface area contributed by atoms with Crippen LogP contribution < -0.4 is 10.6 Å². The number of anilines is 1. The highest BCUT2D eigenvalue weighted by molar-refractivity contribution is 5.91. The normalized spacial score (nSPS) is 32.1. The first-order chi connectivity index (χ1) is 14.0. The van der Waals surface area contributed by atoms with E-state index in [2.05, 4.69) is 20.6 Å². The van der Waals surface area contributed by atoms with Gasteiger partial charge < -0.3 is 15.4 Å². The average Bonchev–Trinajstić information content (AvgIpc) is 3.09. The Bertz CT molecular complexity index is 728. The van der Waals surface area contributed by atoms with Gasteiger partial charge in [-0.25, -0.2) is 0 Å². The summed E-state index contributed by atoms with van der Waals surface area (Å²) < 4.78 is 7.09. The van der Waals surface area contributed by atoms with Crippen molar-refractivity contribution in [1.29, 1.82) is 0 Å². The molecule has 3 fully saturated rings. The Morgan fingerprint density at radius 2 is 2.03 bits per heavy atom. The molecule has 2 amide bonds. The maximum atomic E-state index is 12.8. The van der Waals surface area contributed by atoms with Gasteiger partial charge in [0.2, 0.25) is 11.8 Å². The minimum absolute atomic E-state index is 0.0441. The van der Waals surface area contributed by atoms with Gasteiger partial charge in [0.15, 0.2) is 5.82 Å². The number of rotatable bonds is 6. The predicted octanol–water partition coefficient (Wildman–Crippen LogP) is 1.39. The zero-order chi connectivity index (χ0) is 20.4. The van der Waals surface area contributed by atoms with E-state index in [-0.39, 0.29) is 23.8 Å². The third-order valence-corrected chi connectivity index (χ3v) is 7.00. The van der Waals surface area contributed by atoms with E-state index in [1.54, 1.807) is 24.1 Å². The van der Waals surface area contributed by atoms with Gasteiger partial charge in [-0.15, -0.1) is 0 Å². The zero-order valence-corrected chi connectivity index (χ0v) is 17.5. The van der Waals surface area contributed by atoms with Gasteiger partial charge >= 0.3 is 0 Å². The molecule has 2 saturated carbocycles. The monoisotopic (exact) mass is 403 g/mol. The van der Waals surface area contributed by atoms with Gasteiger partial charge in [0.1, 0.15) is 0 Å². The van der Waals surface area contributed by atoms with E-state index < -0.39 is 0 Å². The number of nitrogens with one attached hydrogen (secondary N) is 2. The van der Waals surface area contributed by atoms with Crippen LogP contribution in [0.15, 0.2) is 12.3 Å². The van der Waals surface area contributed by atoms with Crippen molar-refractivity contribution in [2.24, 2.45) is 24.8 Å². The Balaban J connectivity index is 1.23. The van der Waals surface area contributed by atoms with Crippen LogP contribution in [0.4, 0.5) is 5.82 Å². The van der Waals surface area contributed by atoms with Crippen LogP contribution in [0.2, 0.25) is 0 Å². The van der Waals surface area contributed by atoms with E-state index in [0.717, 1.165) is 51.6 Å². The summed E-state index contributed by atoms with van der Waals surface area (Å²) in [4.78, 5) is 27.3. The van der Waals surface area contributed by atoms with Crippen LogP contribution in [0, 0.1) is 17.8 Å². The van der Waals surface area contributed by atoms with Crippen LogP contribution in [-0.2, 0) is 21.4 Å². The first-order valence-electron chi connectivity index (χ1n) is 10.9. The number of fused-ring (bicyclic) bond motifs is 1. The fourth-order valence-electron chi connectivity index (χ4n) is 5.22. The highest BCUT2D eigenvalue weighted by atomic mass is 16.5. The molecule has 2 heterocycles. The zero-order valence-electron chi connectivity index (χ0n) is 17.5. The minimum atomic E-state index is -0.0441. The van der Waals surface area contributed by atoms with Crippen LogP contribution in [0.5, 0.6) is 0 Å². The lowest BCUT2D eigenvalue weighted by molar-refractivity contribution is -0.138. The minimum Gasteiger partial charge on any atom is -0.381 e. The fraction of sp³-hybridized carbons (Fsp3) is 0.762. The number of hydrogen-bond donors (Lipinski definition) is 2. The van der Waals surface area contributed by atoms with Gasteiger partial charge in [-0.05, 0) is 56.9 Å². The molecular weight excluding hydrogens is 370 g/mol. The second-order valence-corrected chi connectivity index (χ2v) is 8.93. The summed E-state index contributed by atoms with van der Waals surface area (Å²) in [6, 6.07) is 2.08. The van der Waals surface area contributed by atoms with Crippen molar-refractivity contribution >= 4 is 17.6 Å². The lowest BCUT2D eigenvalue weighted by atomic mass is 9.61. The fourth-order valence-corrected chi connectivity index (χ4v) is 5.22. The van der Waals surface area contributed by atoms with Gasteiger partial charge in [0, 0.05) is 44.9 Å². The molecule has 8 heteroatoms. The standard InChI is InChI=1S/C21H33N5O3/c1-25-9-8-19(24-25)23-20(27)13-26-10-7-14-11-17(18(14)12-26)21(28)22-15-3-5-16(29-2)6-4-15/h8-9,14-18H,3-7,10-13H2,1-2H3,(H,22,28)(H,23,24,27)/t14-,15?,16?,17-,18-/m1/s1. The second-order valence-electron chi connectivity index (χ2n) is 8.93. The molecule has 0 spiro atoms. The first-order valence-corrected chi connectivity index (χ1v) is 10.9. The summed E-state index contributed by atoms with van der Waals surface area (Å²) in [7, 11) is 3.59. The number of likely N-dealkylation sites (tertiary alicyclic amines) is 1. The summed E-state index contributed by atoms with van der Waals surface area (Å²) in [6.45, 7) is 2.11. The maximum absolute atomic E-state index is 12.8. The molecule has 8 nitrogen and oxygen atoms in total. The Morgan fingerprint density at radius 1 is 1.24 bits per heavy atom. The SMILES string of the molecule is COC1CCC(NC(=O)[C@@H]2C[C@H]3CCN(CC(=O)Nc4ccn(C)n4)C[C@H]32)CC1. The number of nitrogens with zero attached hydrogens (tertiary/aromatic N) is 3. The number of carbonyl (C=O) groups excluding carboxylic acids is 2. The molecule has 3 aliphatic rings. The van der Waals surface area contributed by atoms with Gasteiger partial charge in [-0.1, -0.05) is 0 Å². The molecule has 29 heavy (non-hydrogen) atoms. The summed E-state index contributed by atoms with van der Waals surface area (Å²) >= 11 is 0. The van der Waals surface area contributed by atoms with Crippen LogP contribution in [-0.4, -0.2) is 65.4 Å². The molecule has 1 aromatic heterocycles. The molecular formula is C21H33N5O3. The molecule has 1 saturated heterocycles. The van der Waals surface area contributed by atoms with E-state index in [1.165, 1.54) is 0 Å². The second kappa shape index (κ2) is 8.83. The largest absolute Gasteiger partial charge is 0.381 e. The summed E-state index contributed by atoms with van der Waals surface area (Å²) in [5.41, 5.74) is 0. The number of carbonyl (C=O) groups is 2. The Kier molecular flexibility index (Phi) is 6.20. The highest BCUT2D eigenvalue weighted by Gasteiger charge is 2.48. The molecule has 160 valence electrons. The molecule has 3 atom stereocenters. The quantitative estimate of drug-likeness (QED) is 0.749. The van der Waals surface area contributed by atoms with Crippen molar-refractivity contribution in [3.8, 4) is 0 Å². The Morgan fingerprint density at radius 3 is 2.72 bits per heavy atom. The Hall–Kier alpha value is -1.93. The Labute approximate surface area is 172 Å². The first kappa shape index (κ1) is 20.3. The van der Waals surface area contributed by atoms with Crippen LogP contribution in [0.1, 0.15) is 38.5 Å². The van der Waals surface area contributed by atoms with Crippen molar-refractivity contribution in [2.45, 2.75) is 50.7 Å². The van der Waals surface area contributed by atoms with Crippen molar-refractivity contribution in [3.63, 3.8) is 0 Å².